The first-order valence-corrected chi connectivity index (χ1v) is 7.88. The molecule has 0 bridgehead atoms. The fourth-order valence-corrected chi connectivity index (χ4v) is 1.79. The molecule has 0 spiro atoms. The van der Waals surface area contributed by atoms with Crippen LogP contribution in [-0.2, 0) is 14.3 Å². The average molecular weight is 251 g/mol. The maximum absolute atomic E-state index is 10.8. The second kappa shape index (κ2) is 8.96. The molecule has 0 N–H and O–H groups in total. The van der Waals surface area contributed by atoms with Gasteiger partial charge in [0.05, 0.1) is 12.9 Å². The van der Waals surface area contributed by atoms with Crippen LogP contribution in [-0.4, -0.2) is 45.8 Å². The second-order valence-electron chi connectivity index (χ2n) is 4.07. The highest BCUT2D eigenvalue weighted by Crippen LogP contribution is 1.99. The van der Waals surface area contributed by atoms with Crippen LogP contribution in [0.4, 0.5) is 0 Å². The second-order valence-corrected chi connectivity index (χ2v) is 5.72. The van der Waals surface area contributed by atoms with E-state index in [2.05, 4.69) is 18.7 Å². The van der Waals surface area contributed by atoms with Crippen LogP contribution in [0.5, 0.6) is 0 Å². The lowest BCUT2D eigenvalue weighted by molar-refractivity contribution is 0.208. The van der Waals surface area contributed by atoms with E-state index in [1.54, 1.807) is 0 Å². The average Bonchev–Trinajstić information content (AvgIpc) is 2.19. The van der Waals surface area contributed by atoms with Crippen molar-refractivity contribution in [3.63, 3.8) is 0 Å². The van der Waals surface area contributed by atoms with Crippen LogP contribution < -0.4 is 0 Å². The van der Waals surface area contributed by atoms with Crippen molar-refractivity contribution in [2.75, 3.05) is 32.5 Å². The van der Waals surface area contributed by atoms with Gasteiger partial charge in [0.25, 0.3) is 10.1 Å². The van der Waals surface area contributed by atoms with E-state index in [9.17, 15) is 8.42 Å². The Morgan fingerprint density at radius 2 is 1.50 bits per heavy atom. The molecule has 0 radical (unpaired) electrons. The molecular weight excluding hydrogens is 226 g/mol. The maximum atomic E-state index is 10.8. The lowest BCUT2D eigenvalue weighted by Crippen LogP contribution is -2.30. The van der Waals surface area contributed by atoms with Crippen LogP contribution in [0, 0.1) is 0 Å². The van der Waals surface area contributed by atoms with E-state index in [-0.39, 0.29) is 6.61 Å². The molecule has 0 atom stereocenters. The normalized spacial score (nSPS) is 12.2. The lowest BCUT2D eigenvalue weighted by atomic mass is 10.2. The molecule has 0 aliphatic carbocycles. The molecule has 0 unspecified atom stereocenters. The van der Waals surface area contributed by atoms with Gasteiger partial charge in [0.15, 0.2) is 0 Å². The zero-order chi connectivity index (χ0) is 12.4. The highest BCUT2D eigenvalue weighted by Gasteiger charge is 2.06. The zero-order valence-corrected chi connectivity index (χ0v) is 11.6. The molecule has 0 saturated heterocycles. The van der Waals surface area contributed by atoms with Gasteiger partial charge in [-0.25, -0.2) is 0 Å². The topological polar surface area (TPSA) is 46.6 Å². The summed E-state index contributed by atoms with van der Waals surface area (Å²) in [7, 11) is -3.29. The van der Waals surface area contributed by atoms with Gasteiger partial charge in [0.1, 0.15) is 0 Å². The van der Waals surface area contributed by atoms with Crippen molar-refractivity contribution >= 4 is 10.1 Å². The minimum atomic E-state index is -3.29. The largest absolute Gasteiger partial charge is 0.301 e. The van der Waals surface area contributed by atoms with Gasteiger partial charge in [0, 0.05) is 6.54 Å². The minimum absolute atomic E-state index is 0.270. The molecular formula is C11H25NO3S. The summed E-state index contributed by atoms with van der Waals surface area (Å²) < 4.78 is 26.4. The molecule has 0 aliphatic rings. The van der Waals surface area contributed by atoms with Crippen molar-refractivity contribution in [3.05, 3.63) is 0 Å². The fraction of sp³-hybridized carbons (Fsp3) is 1.00. The Bertz CT molecular complexity index is 244. The van der Waals surface area contributed by atoms with Gasteiger partial charge in [0.2, 0.25) is 0 Å². The van der Waals surface area contributed by atoms with Crippen molar-refractivity contribution < 1.29 is 12.6 Å². The van der Waals surface area contributed by atoms with Gasteiger partial charge in [-0.2, -0.15) is 8.42 Å². The van der Waals surface area contributed by atoms with Crippen molar-refractivity contribution in [1.29, 1.82) is 0 Å². The predicted molar refractivity (Wildman–Crippen MR) is 67.1 cm³/mol. The Labute approximate surface area is 100 Å². The van der Waals surface area contributed by atoms with Crippen LogP contribution in [0.3, 0.4) is 0 Å². The van der Waals surface area contributed by atoms with Crippen molar-refractivity contribution in [2.24, 2.45) is 0 Å². The molecule has 0 aromatic rings. The van der Waals surface area contributed by atoms with E-state index in [4.69, 9.17) is 4.18 Å². The smallest absolute Gasteiger partial charge is 0.264 e. The van der Waals surface area contributed by atoms with E-state index in [0.29, 0.717) is 6.54 Å². The van der Waals surface area contributed by atoms with E-state index < -0.39 is 10.1 Å². The van der Waals surface area contributed by atoms with Crippen molar-refractivity contribution in [1.82, 2.24) is 4.90 Å². The number of hydrogen-bond donors (Lipinski definition) is 0. The summed E-state index contributed by atoms with van der Waals surface area (Å²) in [6.07, 6.45) is 5.73. The number of nitrogens with zero attached hydrogens (tertiary/aromatic N) is 1. The molecule has 98 valence electrons. The molecule has 0 saturated carbocycles. The number of hydrogen-bond acceptors (Lipinski definition) is 4. The minimum Gasteiger partial charge on any atom is -0.301 e. The van der Waals surface area contributed by atoms with Gasteiger partial charge in [-0.3, -0.25) is 4.18 Å². The standard InChI is InChI=1S/C11H25NO3S/c1-4-6-8-12(9-7-5-2)10-11-15-16(3,13)14/h4-11H2,1-3H3. The number of rotatable bonds is 10. The Morgan fingerprint density at radius 3 is 1.88 bits per heavy atom. The number of unbranched alkanes of at least 4 members (excludes halogenated alkanes) is 2. The summed E-state index contributed by atoms with van der Waals surface area (Å²) in [6.45, 7) is 7.35. The van der Waals surface area contributed by atoms with Crippen LogP contribution in [0.1, 0.15) is 39.5 Å². The van der Waals surface area contributed by atoms with E-state index in [1.165, 1.54) is 0 Å². The highest BCUT2D eigenvalue weighted by molar-refractivity contribution is 7.85. The van der Waals surface area contributed by atoms with Crippen molar-refractivity contribution in [3.8, 4) is 0 Å². The lowest BCUT2D eigenvalue weighted by Gasteiger charge is -2.21. The van der Waals surface area contributed by atoms with Gasteiger partial charge < -0.3 is 4.90 Å². The monoisotopic (exact) mass is 251 g/mol. The first kappa shape index (κ1) is 15.9. The van der Waals surface area contributed by atoms with E-state index >= 15 is 0 Å². The van der Waals surface area contributed by atoms with Crippen molar-refractivity contribution in [2.45, 2.75) is 39.5 Å². The highest BCUT2D eigenvalue weighted by atomic mass is 32.2. The van der Waals surface area contributed by atoms with E-state index in [1.807, 2.05) is 0 Å². The Morgan fingerprint density at radius 1 is 1.00 bits per heavy atom. The van der Waals surface area contributed by atoms with Gasteiger partial charge in [-0.1, -0.05) is 26.7 Å². The summed E-state index contributed by atoms with van der Waals surface area (Å²) in [4.78, 5) is 2.28. The summed E-state index contributed by atoms with van der Waals surface area (Å²) in [5, 5.41) is 0. The predicted octanol–water partition coefficient (Wildman–Crippen LogP) is 1.86. The fourth-order valence-electron chi connectivity index (χ4n) is 1.42. The maximum Gasteiger partial charge on any atom is 0.264 e. The summed E-state index contributed by atoms with van der Waals surface area (Å²) in [6, 6.07) is 0. The quantitative estimate of drug-likeness (QED) is 0.556. The van der Waals surface area contributed by atoms with Crippen LogP contribution >= 0.6 is 0 Å². The third-order valence-electron chi connectivity index (χ3n) is 2.36. The molecule has 4 nitrogen and oxygen atoms in total. The van der Waals surface area contributed by atoms with Gasteiger partial charge in [-0.15, -0.1) is 0 Å². The van der Waals surface area contributed by atoms with Crippen LogP contribution in [0.2, 0.25) is 0 Å². The van der Waals surface area contributed by atoms with Gasteiger partial charge >= 0.3 is 0 Å². The van der Waals surface area contributed by atoms with Crippen LogP contribution in [0.15, 0.2) is 0 Å². The third kappa shape index (κ3) is 10.4. The molecule has 5 heteroatoms. The third-order valence-corrected chi connectivity index (χ3v) is 2.96. The molecule has 0 fully saturated rings. The first-order valence-electron chi connectivity index (χ1n) is 6.06. The SMILES string of the molecule is CCCCN(CCCC)CCOS(C)(=O)=O. The molecule has 16 heavy (non-hydrogen) atoms. The Hall–Kier alpha value is -0.130. The molecule has 0 rings (SSSR count). The first-order chi connectivity index (χ1) is 7.49. The van der Waals surface area contributed by atoms with Gasteiger partial charge in [-0.05, 0) is 25.9 Å². The summed E-state index contributed by atoms with van der Waals surface area (Å²) in [5.74, 6) is 0. The van der Waals surface area contributed by atoms with E-state index in [0.717, 1.165) is 45.0 Å². The summed E-state index contributed by atoms with van der Waals surface area (Å²) >= 11 is 0. The Balaban J connectivity index is 3.81. The molecule has 0 heterocycles. The molecule has 0 aromatic carbocycles. The zero-order valence-electron chi connectivity index (χ0n) is 10.7. The Kier molecular flexibility index (Phi) is 8.89. The molecule has 0 aromatic heterocycles. The molecule has 0 amide bonds. The van der Waals surface area contributed by atoms with Crippen LogP contribution in [0.25, 0.3) is 0 Å². The summed E-state index contributed by atoms with van der Waals surface area (Å²) in [5.41, 5.74) is 0. The molecule has 0 aliphatic heterocycles.